The van der Waals surface area contributed by atoms with Crippen molar-refractivity contribution >= 4 is 97.1 Å². The molecule has 0 radical (unpaired) electrons. The van der Waals surface area contributed by atoms with Crippen LogP contribution in [0, 0.1) is 0 Å². The summed E-state index contributed by atoms with van der Waals surface area (Å²) in [5.41, 5.74) is 9.01. The van der Waals surface area contributed by atoms with Crippen LogP contribution in [0.3, 0.4) is 0 Å². The van der Waals surface area contributed by atoms with E-state index in [0.29, 0.717) is 0 Å². The molecule has 4 heterocycles. The molecule has 0 spiro atoms. The Labute approximate surface area is 266 Å². The third kappa shape index (κ3) is 3.16. The fourth-order valence-electron chi connectivity index (χ4n) is 7.75. The van der Waals surface area contributed by atoms with Gasteiger partial charge in [0.05, 0.1) is 22.1 Å². The van der Waals surface area contributed by atoms with Crippen LogP contribution >= 0.6 is 11.3 Å². The van der Waals surface area contributed by atoms with Gasteiger partial charge in [0.1, 0.15) is 11.2 Å². The van der Waals surface area contributed by atoms with Crippen molar-refractivity contribution in [3.8, 4) is 11.4 Å². The maximum atomic E-state index is 6.74. The molecule has 0 saturated heterocycles. The molecule has 11 aromatic rings. The van der Waals surface area contributed by atoms with E-state index in [4.69, 9.17) is 4.42 Å². The Bertz CT molecular complexity index is 2930. The second-order valence-corrected chi connectivity index (χ2v) is 13.2. The summed E-state index contributed by atoms with van der Waals surface area (Å²) in [6.07, 6.45) is 0. The topological polar surface area (TPSA) is 23.0 Å². The van der Waals surface area contributed by atoms with Gasteiger partial charge >= 0.3 is 0 Å². The first-order valence-corrected chi connectivity index (χ1v) is 16.4. The SMILES string of the molecule is c1ccc2c(c1)c1ccccc1n2-c1ccc2oc3c(ccc4sc5ccc(-n6c7ccccc7c7ccccc76)cc5c43)c2c1. The van der Waals surface area contributed by atoms with E-state index in [9.17, 15) is 0 Å². The predicted molar refractivity (Wildman–Crippen MR) is 195 cm³/mol. The van der Waals surface area contributed by atoms with Crippen LogP contribution in [0.1, 0.15) is 0 Å². The van der Waals surface area contributed by atoms with Gasteiger partial charge in [0.25, 0.3) is 0 Å². The summed E-state index contributed by atoms with van der Waals surface area (Å²) in [6.45, 7) is 0. The van der Waals surface area contributed by atoms with Gasteiger partial charge in [-0.25, -0.2) is 0 Å². The highest BCUT2D eigenvalue weighted by atomic mass is 32.1. The summed E-state index contributed by atoms with van der Waals surface area (Å²) >= 11 is 1.83. The van der Waals surface area contributed by atoms with Crippen LogP contribution in [-0.4, -0.2) is 9.13 Å². The van der Waals surface area contributed by atoms with E-state index in [2.05, 4.69) is 155 Å². The van der Waals surface area contributed by atoms with Gasteiger partial charge in [0, 0.05) is 63.9 Å². The van der Waals surface area contributed by atoms with E-state index in [1.165, 1.54) is 63.8 Å². The number of fused-ring (bicyclic) bond motifs is 13. The van der Waals surface area contributed by atoms with Gasteiger partial charge in [-0.2, -0.15) is 0 Å². The molecule has 0 amide bonds. The van der Waals surface area contributed by atoms with Gasteiger partial charge in [0.15, 0.2) is 0 Å². The van der Waals surface area contributed by atoms with Crippen molar-refractivity contribution < 1.29 is 4.42 Å². The van der Waals surface area contributed by atoms with Gasteiger partial charge in [-0.3, -0.25) is 0 Å². The number of thiophene rings is 1. The Hall–Kier alpha value is -5.84. The molecule has 0 aliphatic heterocycles. The Kier molecular flexibility index (Phi) is 4.72. The molecule has 0 atom stereocenters. The lowest BCUT2D eigenvalue weighted by Crippen LogP contribution is -1.93. The predicted octanol–water partition coefficient (Wildman–Crippen LogP) is 12.1. The second kappa shape index (κ2) is 8.87. The van der Waals surface area contributed by atoms with E-state index in [1.54, 1.807) is 0 Å². The zero-order valence-corrected chi connectivity index (χ0v) is 25.4. The van der Waals surface area contributed by atoms with E-state index >= 15 is 0 Å². The lowest BCUT2D eigenvalue weighted by molar-refractivity contribution is 0.673. The van der Waals surface area contributed by atoms with Crippen molar-refractivity contribution in [2.45, 2.75) is 0 Å². The number of hydrogen-bond acceptors (Lipinski definition) is 2. The number of benzene rings is 7. The Balaban J connectivity index is 1.17. The summed E-state index contributed by atoms with van der Waals surface area (Å²) in [7, 11) is 0. The fourth-order valence-corrected chi connectivity index (χ4v) is 8.84. The summed E-state index contributed by atoms with van der Waals surface area (Å²) in [5.74, 6) is 0. The fraction of sp³-hybridized carbons (Fsp3) is 0. The second-order valence-electron chi connectivity index (χ2n) is 12.1. The molecule has 46 heavy (non-hydrogen) atoms. The summed E-state index contributed by atoms with van der Waals surface area (Å²) < 4.78 is 14.0. The minimum absolute atomic E-state index is 0.907. The third-order valence-electron chi connectivity index (χ3n) is 9.71. The number of aromatic nitrogens is 2. The van der Waals surface area contributed by atoms with Crippen molar-refractivity contribution in [3.05, 3.63) is 146 Å². The smallest absolute Gasteiger partial charge is 0.144 e. The van der Waals surface area contributed by atoms with Crippen molar-refractivity contribution in [1.29, 1.82) is 0 Å². The van der Waals surface area contributed by atoms with Gasteiger partial charge < -0.3 is 13.6 Å². The molecule has 0 unspecified atom stereocenters. The maximum Gasteiger partial charge on any atom is 0.144 e. The Morgan fingerprint density at radius 2 is 0.870 bits per heavy atom. The molecule has 0 bridgehead atoms. The lowest BCUT2D eigenvalue weighted by Gasteiger charge is -2.08. The lowest BCUT2D eigenvalue weighted by atomic mass is 10.1. The number of hydrogen-bond donors (Lipinski definition) is 0. The molecule has 4 aromatic heterocycles. The molecule has 0 fully saturated rings. The Morgan fingerprint density at radius 3 is 1.43 bits per heavy atom. The molecular weight excluding hydrogens is 581 g/mol. The van der Waals surface area contributed by atoms with Crippen LogP contribution in [0.25, 0.3) is 97.1 Å². The monoisotopic (exact) mass is 604 g/mol. The molecule has 4 heteroatoms. The number of furan rings is 1. The first kappa shape index (κ1) is 24.5. The maximum absolute atomic E-state index is 6.74. The minimum atomic E-state index is 0.907. The molecule has 7 aromatic carbocycles. The van der Waals surface area contributed by atoms with E-state index in [-0.39, 0.29) is 0 Å². The van der Waals surface area contributed by atoms with E-state index in [0.717, 1.165) is 33.3 Å². The largest absolute Gasteiger partial charge is 0.455 e. The summed E-state index contributed by atoms with van der Waals surface area (Å²) in [4.78, 5) is 0. The van der Waals surface area contributed by atoms with Crippen LogP contribution < -0.4 is 0 Å². The van der Waals surface area contributed by atoms with E-state index in [1.807, 2.05) is 11.3 Å². The average Bonchev–Trinajstić information content (AvgIpc) is 3.85. The normalized spacial score (nSPS) is 12.3. The molecule has 0 aliphatic carbocycles. The average molecular weight is 605 g/mol. The number of nitrogens with zero attached hydrogens (tertiary/aromatic N) is 2. The highest BCUT2D eigenvalue weighted by molar-refractivity contribution is 7.26. The molecule has 0 aliphatic rings. The van der Waals surface area contributed by atoms with Crippen LogP contribution in [0.4, 0.5) is 0 Å². The van der Waals surface area contributed by atoms with Crippen LogP contribution in [0.2, 0.25) is 0 Å². The van der Waals surface area contributed by atoms with Gasteiger partial charge in [-0.15, -0.1) is 11.3 Å². The Morgan fingerprint density at radius 1 is 0.391 bits per heavy atom. The summed E-state index contributed by atoms with van der Waals surface area (Å²) in [5, 5.41) is 9.77. The van der Waals surface area contributed by atoms with Gasteiger partial charge in [-0.05, 0) is 72.8 Å². The van der Waals surface area contributed by atoms with Gasteiger partial charge in [0.2, 0.25) is 0 Å². The minimum Gasteiger partial charge on any atom is -0.455 e. The quantitative estimate of drug-likeness (QED) is 0.192. The standard InChI is InChI=1S/C42H24N2OS/c1-5-13-34-27(9-1)28-10-2-6-14-35(28)43(34)25-17-20-38-32(23-25)31-19-22-40-41(42(31)45-38)33-24-26(18-21-39(33)46-40)44-36-15-7-3-11-29(36)30-12-4-8-16-37(30)44/h1-24H. The first-order valence-electron chi connectivity index (χ1n) is 15.6. The molecule has 3 nitrogen and oxygen atoms in total. The highest BCUT2D eigenvalue weighted by Crippen LogP contribution is 2.44. The molecule has 214 valence electrons. The molecule has 0 N–H and O–H groups in total. The zero-order chi connectivity index (χ0) is 29.9. The van der Waals surface area contributed by atoms with Crippen LogP contribution in [0.15, 0.2) is 150 Å². The summed E-state index contributed by atoms with van der Waals surface area (Å²) in [6, 6.07) is 52.7. The highest BCUT2D eigenvalue weighted by Gasteiger charge is 2.19. The van der Waals surface area contributed by atoms with E-state index < -0.39 is 0 Å². The first-order chi connectivity index (χ1) is 22.8. The van der Waals surface area contributed by atoms with Crippen LogP contribution in [-0.2, 0) is 0 Å². The van der Waals surface area contributed by atoms with Gasteiger partial charge in [-0.1, -0.05) is 72.8 Å². The van der Waals surface area contributed by atoms with Crippen LogP contribution in [0.5, 0.6) is 0 Å². The number of para-hydroxylation sites is 4. The third-order valence-corrected chi connectivity index (χ3v) is 10.8. The van der Waals surface area contributed by atoms with Crippen molar-refractivity contribution in [1.82, 2.24) is 9.13 Å². The molecule has 11 rings (SSSR count). The number of rotatable bonds is 2. The van der Waals surface area contributed by atoms with Crippen molar-refractivity contribution in [2.75, 3.05) is 0 Å². The molecular formula is C42H24N2OS. The van der Waals surface area contributed by atoms with Crippen molar-refractivity contribution in [3.63, 3.8) is 0 Å². The van der Waals surface area contributed by atoms with Crippen molar-refractivity contribution in [2.24, 2.45) is 0 Å². The molecule has 0 saturated carbocycles. The zero-order valence-electron chi connectivity index (χ0n) is 24.6.